The molecule has 0 radical (unpaired) electrons. The molecular weight excluding hydrogens is 372 g/mol. The van der Waals surface area contributed by atoms with Crippen molar-refractivity contribution in [2.45, 2.75) is 19.6 Å². The molecule has 1 aliphatic heterocycles. The summed E-state index contributed by atoms with van der Waals surface area (Å²) in [5.74, 6) is -0.121. The van der Waals surface area contributed by atoms with Gasteiger partial charge in [0.25, 0.3) is 5.91 Å². The molecule has 142 valence electrons. The van der Waals surface area contributed by atoms with Gasteiger partial charge in [0.15, 0.2) is 0 Å². The number of ether oxygens (including phenoxy) is 1. The van der Waals surface area contributed by atoms with Gasteiger partial charge in [-0.2, -0.15) is 0 Å². The molecule has 1 N–H and O–H groups in total. The van der Waals surface area contributed by atoms with Gasteiger partial charge in [-0.25, -0.2) is 4.79 Å². The summed E-state index contributed by atoms with van der Waals surface area (Å²) in [5.41, 5.74) is 2.75. The second kappa shape index (κ2) is 8.27. The maximum Gasteiger partial charge on any atom is 0.410 e. The Morgan fingerprint density at radius 2 is 1.75 bits per heavy atom. The number of nitrogens with one attached hydrogen (secondary N) is 1. The largest absolute Gasteiger partial charge is 0.445 e. The molecule has 6 heteroatoms. The number of benzene rings is 2. The second-order valence-corrected chi connectivity index (χ2v) is 7.73. The third kappa shape index (κ3) is 4.23. The van der Waals surface area contributed by atoms with Gasteiger partial charge in [0.2, 0.25) is 0 Å². The third-order valence-electron chi connectivity index (χ3n) is 4.59. The summed E-state index contributed by atoms with van der Waals surface area (Å²) in [5, 5.41) is 2.91. The van der Waals surface area contributed by atoms with E-state index in [9.17, 15) is 9.59 Å². The van der Waals surface area contributed by atoms with Crippen molar-refractivity contribution in [1.29, 1.82) is 0 Å². The van der Waals surface area contributed by atoms with E-state index in [0.29, 0.717) is 18.0 Å². The Morgan fingerprint density at radius 1 is 1.04 bits per heavy atom. The Balaban J connectivity index is 1.37. The lowest BCUT2D eigenvalue weighted by Crippen LogP contribution is -2.35. The molecule has 4 rings (SSSR count). The van der Waals surface area contributed by atoms with E-state index in [1.807, 2.05) is 66.7 Å². The zero-order chi connectivity index (χ0) is 19.3. The zero-order valence-corrected chi connectivity index (χ0v) is 16.1. The van der Waals surface area contributed by atoms with Crippen molar-refractivity contribution in [3.8, 4) is 0 Å². The summed E-state index contributed by atoms with van der Waals surface area (Å²) in [6, 6.07) is 20.9. The van der Waals surface area contributed by atoms with Gasteiger partial charge < -0.3 is 15.0 Å². The molecule has 0 bridgehead atoms. The number of hydrogen-bond acceptors (Lipinski definition) is 4. The molecule has 2 heterocycles. The van der Waals surface area contributed by atoms with Crippen LogP contribution in [0.3, 0.4) is 0 Å². The maximum atomic E-state index is 12.5. The van der Waals surface area contributed by atoms with Gasteiger partial charge >= 0.3 is 6.09 Å². The molecule has 0 saturated heterocycles. The molecule has 0 fully saturated rings. The lowest BCUT2D eigenvalue weighted by atomic mass is 10.1. The Kier molecular flexibility index (Phi) is 5.39. The minimum Gasteiger partial charge on any atom is -0.445 e. The zero-order valence-electron chi connectivity index (χ0n) is 15.3. The number of nitrogens with zero attached hydrogens (tertiary/aromatic N) is 1. The summed E-state index contributed by atoms with van der Waals surface area (Å²) in [4.78, 5) is 28.4. The van der Waals surface area contributed by atoms with Crippen LogP contribution in [0, 0.1) is 0 Å². The third-order valence-corrected chi connectivity index (χ3v) is 5.82. The van der Waals surface area contributed by atoms with E-state index >= 15 is 0 Å². The van der Waals surface area contributed by atoms with E-state index in [4.69, 9.17) is 4.74 Å². The number of carbonyl (C=O) groups is 2. The Labute approximate surface area is 167 Å². The summed E-state index contributed by atoms with van der Waals surface area (Å²) < 4.78 is 5.43. The van der Waals surface area contributed by atoms with Gasteiger partial charge in [-0.3, -0.25) is 4.79 Å². The average molecular weight is 392 g/mol. The monoisotopic (exact) mass is 392 g/mol. The van der Waals surface area contributed by atoms with E-state index in [1.54, 1.807) is 4.90 Å². The normalized spacial score (nSPS) is 12.9. The number of para-hydroxylation sites is 1. The molecular formula is C22H20N2O3S. The predicted octanol–water partition coefficient (Wildman–Crippen LogP) is 4.70. The molecule has 0 unspecified atom stereocenters. The van der Waals surface area contributed by atoms with E-state index in [-0.39, 0.29) is 18.6 Å². The van der Waals surface area contributed by atoms with E-state index in [1.165, 1.54) is 11.3 Å². The minimum absolute atomic E-state index is 0.121. The van der Waals surface area contributed by atoms with Crippen LogP contribution in [0.5, 0.6) is 0 Å². The van der Waals surface area contributed by atoms with Crippen LogP contribution in [0.25, 0.3) is 0 Å². The summed E-state index contributed by atoms with van der Waals surface area (Å²) in [6.07, 6.45) is 0.412. The highest BCUT2D eigenvalue weighted by atomic mass is 32.1. The highest BCUT2D eigenvalue weighted by molar-refractivity contribution is 7.14. The van der Waals surface area contributed by atoms with Gasteiger partial charge in [0.05, 0.1) is 11.4 Å². The van der Waals surface area contributed by atoms with Crippen LogP contribution in [0.15, 0.2) is 66.7 Å². The van der Waals surface area contributed by atoms with Crippen LogP contribution in [0.4, 0.5) is 10.5 Å². The highest BCUT2D eigenvalue weighted by Crippen LogP contribution is 2.29. The standard InChI is InChI=1S/C22H20N2O3S/c25-21(23-18-9-5-2-6-10-18)20-13-17-14-24(12-11-19(17)28-20)22(26)27-15-16-7-3-1-4-8-16/h1-10,13H,11-12,14-15H2,(H,23,25). The summed E-state index contributed by atoms with van der Waals surface area (Å²) in [7, 11) is 0. The van der Waals surface area contributed by atoms with Gasteiger partial charge in [-0.1, -0.05) is 48.5 Å². The lowest BCUT2D eigenvalue weighted by Gasteiger charge is -2.26. The van der Waals surface area contributed by atoms with Crippen molar-refractivity contribution in [2.75, 3.05) is 11.9 Å². The molecule has 1 aliphatic rings. The van der Waals surface area contributed by atoms with Crippen molar-refractivity contribution < 1.29 is 14.3 Å². The molecule has 0 aliphatic carbocycles. The number of thiophene rings is 1. The summed E-state index contributed by atoms with van der Waals surface area (Å²) >= 11 is 1.50. The number of hydrogen-bond donors (Lipinski definition) is 1. The molecule has 0 atom stereocenters. The molecule has 0 spiro atoms. The number of rotatable bonds is 4. The van der Waals surface area contributed by atoms with Gasteiger partial charge in [0.1, 0.15) is 6.61 Å². The number of amides is 2. The molecule has 0 saturated carbocycles. The first-order valence-electron chi connectivity index (χ1n) is 9.12. The Hall–Kier alpha value is -3.12. The SMILES string of the molecule is O=C(Nc1ccccc1)c1cc2c(s1)CCN(C(=O)OCc1ccccc1)C2. The van der Waals surface area contributed by atoms with Crippen LogP contribution in [0.1, 0.15) is 25.7 Å². The molecule has 28 heavy (non-hydrogen) atoms. The molecule has 3 aromatic rings. The number of anilines is 1. The van der Waals surface area contributed by atoms with Crippen LogP contribution in [-0.4, -0.2) is 23.4 Å². The van der Waals surface area contributed by atoms with Crippen molar-refractivity contribution >= 4 is 29.0 Å². The molecule has 2 amide bonds. The van der Waals surface area contributed by atoms with Crippen LogP contribution < -0.4 is 5.32 Å². The van der Waals surface area contributed by atoms with Crippen LogP contribution in [0.2, 0.25) is 0 Å². The topological polar surface area (TPSA) is 58.6 Å². The van der Waals surface area contributed by atoms with Crippen molar-refractivity contribution in [3.05, 3.63) is 87.6 Å². The quantitative estimate of drug-likeness (QED) is 0.700. The fourth-order valence-corrected chi connectivity index (χ4v) is 4.18. The van der Waals surface area contributed by atoms with E-state index in [0.717, 1.165) is 28.1 Å². The average Bonchev–Trinajstić information content (AvgIpc) is 3.17. The van der Waals surface area contributed by atoms with Crippen molar-refractivity contribution in [3.63, 3.8) is 0 Å². The first-order chi connectivity index (χ1) is 13.7. The van der Waals surface area contributed by atoms with E-state index < -0.39 is 0 Å². The molecule has 5 nitrogen and oxygen atoms in total. The lowest BCUT2D eigenvalue weighted by molar-refractivity contribution is 0.0921. The first-order valence-corrected chi connectivity index (χ1v) is 9.94. The fourth-order valence-electron chi connectivity index (χ4n) is 3.13. The van der Waals surface area contributed by atoms with Gasteiger partial charge in [-0.15, -0.1) is 11.3 Å². The highest BCUT2D eigenvalue weighted by Gasteiger charge is 2.25. The van der Waals surface area contributed by atoms with Gasteiger partial charge in [0, 0.05) is 17.1 Å². The number of carbonyl (C=O) groups excluding carboxylic acids is 2. The van der Waals surface area contributed by atoms with Gasteiger partial charge in [-0.05, 0) is 35.7 Å². The van der Waals surface area contributed by atoms with Crippen LogP contribution >= 0.6 is 11.3 Å². The smallest absolute Gasteiger partial charge is 0.410 e. The van der Waals surface area contributed by atoms with Crippen LogP contribution in [-0.2, 0) is 24.3 Å². The van der Waals surface area contributed by atoms with Crippen molar-refractivity contribution in [2.24, 2.45) is 0 Å². The molecule has 1 aromatic heterocycles. The maximum absolute atomic E-state index is 12.5. The Morgan fingerprint density at radius 3 is 2.50 bits per heavy atom. The fraction of sp³-hybridized carbons (Fsp3) is 0.182. The first kappa shape index (κ1) is 18.3. The Bertz CT molecular complexity index is 970. The number of fused-ring (bicyclic) bond motifs is 1. The minimum atomic E-state index is -0.323. The van der Waals surface area contributed by atoms with Crippen molar-refractivity contribution in [1.82, 2.24) is 4.90 Å². The second-order valence-electron chi connectivity index (χ2n) is 6.59. The van der Waals surface area contributed by atoms with E-state index in [2.05, 4.69) is 5.32 Å². The summed E-state index contributed by atoms with van der Waals surface area (Å²) in [6.45, 7) is 1.33. The molecule has 2 aromatic carbocycles. The predicted molar refractivity (Wildman–Crippen MR) is 109 cm³/mol.